The number of hydrogen-bond donors (Lipinski definition) is 1. The number of piperazine rings is 1. The highest BCUT2D eigenvalue weighted by Crippen LogP contribution is 2.05. The minimum atomic E-state index is 0.187. The van der Waals surface area contributed by atoms with E-state index in [-0.39, 0.29) is 5.91 Å². The Hall–Kier alpha value is -1.01. The van der Waals surface area contributed by atoms with Crippen LogP contribution >= 0.6 is 0 Å². The summed E-state index contributed by atoms with van der Waals surface area (Å²) in [6.45, 7) is 4.65. The fourth-order valence-corrected chi connectivity index (χ4v) is 1.53. The van der Waals surface area contributed by atoms with E-state index in [2.05, 4.69) is 18.2 Å². The summed E-state index contributed by atoms with van der Waals surface area (Å²) < 4.78 is 0. The number of hydrogen-bond acceptors (Lipinski definition) is 2. The minimum absolute atomic E-state index is 0.187. The summed E-state index contributed by atoms with van der Waals surface area (Å²) in [4.78, 5) is 13.5. The molecule has 0 aromatic rings. The number of carbonyl (C=O) groups excluding carboxylic acids is 1. The van der Waals surface area contributed by atoms with Gasteiger partial charge in [0.25, 0.3) is 0 Å². The van der Waals surface area contributed by atoms with Crippen LogP contribution in [0.15, 0.2) is 0 Å². The van der Waals surface area contributed by atoms with E-state index >= 15 is 0 Å². The van der Waals surface area contributed by atoms with Gasteiger partial charge in [0.15, 0.2) is 0 Å². The first-order chi connectivity index (χ1) is 6.25. The van der Waals surface area contributed by atoms with Crippen LogP contribution < -0.4 is 5.32 Å². The zero-order chi connectivity index (χ0) is 9.68. The second-order valence-corrected chi connectivity index (χ2v) is 3.34. The summed E-state index contributed by atoms with van der Waals surface area (Å²) in [6.07, 6.45) is 6.15. The second-order valence-electron chi connectivity index (χ2n) is 3.34. The molecule has 0 aromatic carbocycles. The molecule has 1 N–H and O–H groups in total. The van der Waals surface area contributed by atoms with Gasteiger partial charge in [-0.1, -0.05) is 0 Å². The molecule has 0 spiro atoms. The van der Waals surface area contributed by atoms with E-state index < -0.39 is 0 Å². The zero-order valence-electron chi connectivity index (χ0n) is 8.05. The molecule has 1 amide bonds. The molecule has 13 heavy (non-hydrogen) atoms. The van der Waals surface area contributed by atoms with Crippen LogP contribution in [-0.2, 0) is 4.79 Å². The normalized spacial score (nSPS) is 22.5. The van der Waals surface area contributed by atoms with Gasteiger partial charge < -0.3 is 10.2 Å². The van der Waals surface area contributed by atoms with Gasteiger partial charge in [0.05, 0.1) is 0 Å². The lowest BCUT2D eigenvalue weighted by atomic mass is 10.2. The maximum absolute atomic E-state index is 11.6. The first-order valence-corrected chi connectivity index (χ1v) is 4.69. The largest absolute Gasteiger partial charge is 0.337 e. The van der Waals surface area contributed by atoms with Gasteiger partial charge in [0.2, 0.25) is 5.91 Å². The van der Waals surface area contributed by atoms with Crippen molar-refractivity contribution >= 4 is 5.91 Å². The third-order valence-corrected chi connectivity index (χ3v) is 2.30. The molecule has 1 atom stereocenters. The molecule has 1 aliphatic heterocycles. The molecule has 1 heterocycles. The molecule has 0 unspecified atom stereocenters. The van der Waals surface area contributed by atoms with Crippen molar-refractivity contribution in [3.63, 3.8) is 0 Å². The van der Waals surface area contributed by atoms with Crippen LogP contribution in [-0.4, -0.2) is 36.5 Å². The number of rotatable bonds is 2. The molecule has 1 aliphatic rings. The first kappa shape index (κ1) is 10.1. The van der Waals surface area contributed by atoms with Gasteiger partial charge in [-0.2, -0.15) is 0 Å². The van der Waals surface area contributed by atoms with Gasteiger partial charge in [-0.15, -0.1) is 12.3 Å². The van der Waals surface area contributed by atoms with Crippen molar-refractivity contribution in [3.05, 3.63) is 0 Å². The molecular weight excluding hydrogens is 164 g/mol. The first-order valence-electron chi connectivity index (χ1n) is 4.69. The Morgan fingerprint density at radius 3 is 3.15 bits per heavy atom. The van der Waals surface area contributed by atoms with E-state index in [0.717, 1.165) is 19.6 Å². The van der Waals surface area contributed by atoms with Gasteiger partial charge in [0, 0.05) is 38.5 Å². The predicted octanol–water partition coefficient (Wildman–Crippen LogP) is 0.220. The Balaban J connectivity index is 2.40. The minimum Gasteiger partial charge on any atom is -0.337 e. The molecule has 0 radical (unpaired) electrons. The van der Waals surface area contributed by atoms with E-state index in [4.69, 9.17) is 6.42 Å². The predicted molar refractivity (Wildman–Crippen MR) is 52.1 cm³/mol. The van der Waals surface area contributed by atoms with Crippen molar-refractivity contribution in [2.24, 2.45) is 0 Å². The number of terminal acetylenes is 1. The van der Waals surface area contributed by atoms with Crippen molar-refractivity contribution in [3.8, 4) is 12.3 Å². The molecular formula is C10H16N2O. The number of nitrogens with zero attached hydrogens (tertiary/aromatic N) is 1. The highest BCUT2D eigenvalue weighted by molar-refractivity contribution is 5.76. The van der Waals surface area contributed by atoms with E-state index in [0.29, 0.717) is 18.9 Å². The Bertz CT molecular complexity index is 219. The monoisotopic (exact) mass is 180 g/mol. The van der Waals surface area contributed by atoms with Crippen molar-refractivity contribution < 1.29 is 4.79 Å². The summed E-state index contributed by atoms with van der Waals surface area (Å²) in [5.74, 6) is 2.68. The Kier molecular flexibility index (Phi) is 3.78. The summed E-state index contributed by atoms with van der Waals surface area (Å²) in [7, 11) is 0. The molecule has 1 fully saturated rings. The second kappa shape index (κ2) is 4.88. The SMILES string of the molecule is C#CCCC(=O)N1CCNC[C@@H]1C. The van der Waals surface area contributed by atoms with Gasteiger partial charge in [-0.25, -0.2) is 0 Å². The van der Waals surface area contributed by atoms with Crippen LogP contribution in [0.4, 0.5) is 0 Å². The van der Waals surface area contributed by atoms with Crippen LogP contribution in [0, 0.1) is 12.3 Å². The van der Waals surface area contributed by atoms with Crippen molar-refractivity contribution in [1.29, 1.82) is 0 Å². The van der Waals surface area contributed by atoms with E-state index in [1.807, 2.05) is 4.90 Å². The van der Waals surface area contributed by atoms with E-state index in [9.17, 15) is 4.79 Å². The fourth-order valence-electron chi connectivity index (χ4n) is 1.53. The average molecular weight is 180 g/mol. The summed E-state index contributed by atoms with van der Waals surface area (Å²) in [5, 5.41) is 3.24. The van der Waals surface area contributed by atoms with Gasteiger partial charge >= 0.3 is 0 Å². The van der Waals surface area contributed by atoms with Crippen LogP contribution in [0.2, 0.25) is 0 Å². The molecule has 72 valence electrons. The molecule has 3 nitrogen and oxygen atoms in total. The maximum atomic E-state index is 11.6. The number of nitrogens with one attached hydrogen (secondary N) is 1. The number of carbonyl (C=O) groups is 1. The van der Waals surface area contributed by atoms with E-state index in [1.165, 1.54) is 0 Å². The lowest BCUT2D eigenvalue weighted by Gasteiger charge is -2.33. The molecule has 1 rings (SSSR count). The molecule has 0 saturated carbocycles. The molecule has 1 saturated heterocycles. The Morgan fingerprint density at radius 2 is 2.54 bits per heavy atom. The highest BCUT2D eigenvalue weighted by Gasteiger charge is 2.21. The van der Waals surface area contributed by atoms with Crippen LogP contribution in [0.1, 0.15) is 19.8 Å². The summed E-state index contributed by atoms with van der Waals surface area (Å²) >= 11 is 0. The molecule has 0 aliphatic carbocycles. The lowest BCUT2D eigenvalue weighted by molar-refractivity contribution is -0.133. The fraction of sp³-hybridized carbons (Fsp3) is 0.700. The maximum Gasteiger partial charge on any atom is 0.223 e. The third kappa shape index (κ3) is 2.74. The summed E-state index contributed by atoms with van der Waals surface area (Å²) in [5.41, 5.74) is 0. The van der Waals surface area contributed by atoms with Gasteiger partial charge in [0.1, 0.15) is 0 Å². The molecule has 0 aromatic heterocycles. The average Bonchev–Trinajstić information content (AvgIpc) is 2.15. The van der Waals surface area contributed by atoms with Crippen molar-refractivity contribution in [1.82, 2.24) is 10.2 Å². The van der Waals surface area contributed by atoms with Gasteiger partial charge in [-0.05, 0) is 6.92 Å². The molecule has 3 heteroatoms. The topological polar surface area (TPSA) is 32.3 Å². The Morgan fingerprint density at radius 1 is 1.77 bits per heavy atom. The van der Waals surface area contributed by atoms with Crippen LogP contribution in [0.3, 0.4) is 0 Å². The van der Waals surface area contributed by atoms with Gasteiger partial charge in [-0.3, -0.25) is 4.79 Å². The molecule has 0 bridgehead atoms. The standard InChI is InChI=1S/C10H16N2O/c1-3-4-5-10(13)12-7-6-11-8-9(12)2/h1,9,11H,4-8H2,2H3/t9-/m0/s1. The lowest BCUT2D eigenvalue weighted by Crippen LogP contribution is -2.52. The quantitative estimate of drug-likeness (QED) is 0.617. The van der Waals surface area contributed by atoms with E-state index in [1.54, 1.807) is 0 Å². The van der Waals surface area contributed by atoms with Crippen LogP contribution in [0.25, 0.3) is 0 Å². The van der Waals surface area contributed by atoms with Crippen molar-refractivity contribution in [2.75, 3.05) is 19.6 Å². The smallest absolute Gasteiger partial charge is 0.223 e. The zero-order valence-corrected chi connectivity index (χ0v) is 8.05. The highest BCUT2D eigenvalue weighted by atomic mass is 16.2. The number of amides is 1. The van der Waals surface area contributed by atoms with Crippen LogP contribution in [0.5, 0.6) is 0 Å². The van der Waals surface area contributed by atoms with Crippen molar-refractivity contribution in [2.45, 2.75) is 25.8 Å². The summed E-state index contributed by atoms with van der Waals surface area (Å²) in [6, 6.07) is 0.305. The third-order valence-electron chi connectivity index (χ3n) is 2.30. The Labute approximate surface area is 79.5 Å².